The molecule has 100 valence electrons. The summed E-state index contributed by atoms with van der Waals surface area (Å²) in [5.41, 5.74) is 2.54. The number of pyridine rings is 1. The second-order valence-electron chi connectivity index (χ2n) is 4.30. The molecule has 2 heterocycles. The van der Waals surface area contributed by atoms with Gasteiger partial charge in [-0.25, -0.2) is 0 Å². The lowest BCUT2D eigenvalue weighted by Gasteiger charge is -2.04. The average molecular weight is 322 g/mol. The molecule has 2 aromatic rings. The van der Waals surface area contributed by atoms with Gasteiger partial charge in [0.1, 0.15) is 5.69 Å². The largest absolute Gasteiger partial charge is 0.292 e. The van der Waals surface area contributed by atoms with Crippen LogP contribution in [0.5, 0.6) is 0 Å². The van der Waals surface area contributed by atoms with E-state index in [1.165, 1.54) is 0 Å². The van der Waals surface area contributed by atoms with Gasteiger partial charge in [-0.2, -0.15) is 5.10 Å². The van der Waals surface area contributed by atoms with E-state index in [0.717, 1.165) is 22.2 Å². The van der Waals surface area contributed by atoms with Crippen molar-refractivity contribution < 1.29 is 4.79 Å². The van der Waals surface area contributed by atoms with Gasteiger partial charge in [0.2, 0.25) is 0 Å². The maximum absolute atomic E-state index is 12.3. The minimum atomic E-state index is 0.0777. The Morgan fingerprint density at radius 2 is 2.11 bits per heavy atom. The Morgan fingerprint density at radius 1 is 1.32 bits per heavy atom. The Kier molecular flexibility index (Phi) is 4.47. The highest BCUT2D eigenvalue weighted by atomic mass is 79.9. The van der Waals surface area contributed by atoms with Crippen molar-refractivity contribution in [3.63, 3.8) is 0 Å². The van der Waals surface area contributed by atoms with Gasteiger partial charge in [-0.3, -0.25) is 14.5 Å². The summed E-state index contributed by atoms with van der Waals surface area (Å²) in [5, 5.41) is 4.40. The van der Waals surface area contributed by atoms with Crippen LogP contribution in [0.4, 0.5) is 0 Å². The summed E-state index contributed by atoms with van der Waals surface area (Å²) >= 11 is 3.36. The summed E-state index contributed by atoms with van der Waals surface area (Å²) in [5.74, 6) is 0.0777. The predicted octanol–water partition coefficient (Wildman–Crippen LogP) is 3.05. The molecule has 5 heteroatoms. The van der Waals surface area contributed by atoms with Crippen LogP contribution in [0.15, 0.2) is 29.0 Å². The first kappa shape index (κ1) is 13.9. The lowest BCUT2D eigenvalue weighted by Crippen LogP contribution is -2.11. The number of hydrogen-bond donors (Lipinski definition) is 0. The molecule has 0 aliphatic rings. The van der Waals surface area contributed by atoms with Crippen molar-refractivity contribution in [2.24, 2.45) is 0 Å². The number of carbonyl (C=O) groups excluding carboxylic acids is 1. The molecule has 2 aromatic heterocycles. The summed E-state index contributed by atoms with van der Waals surface area (Å²) < 4.78 is 2.66. The molecule has 0 fully saturated rings. The summed E-state index contributed by atoms with van der Waals surface area (Å²) in [4.78, 5) is 16.4. The minimum absolute atomic E-state index is 0.0777. The second-order valence-corrected chi connectivity index (χ2v) is 5.22. The fourth-order valence-corrected chi connectivity index (χ4v) is 2.35. The zero-order chi connectivity index (χ0) is 13.8. The third-order valence-corrected chi connectivity index (χ3v) is 3.34. The van der Waals surface area contributed by atoms with E-state index < -0.39 is 0 Å². The number of halogens is 1. The highest BCUT2D eigenvalue weighted by Crippen LogP contribution is 2.13. The first-order chi connectivity index (χ1) is 9.13. The van der Waals surface area contributed by atoms with Crippen LogP contribution in [0, 0.1) is 0 Å². The second kappa shape index (κ2) is 6.10. The van der Waals surface area contributed by atoms with Crippen LogP contribution in [-0.4, -0.2) is 20.5 Å². The Hall–Kier alpha value is -1.49. The van der Waals surface area contributed by atoms with E-state index in [-0.39, 0.29) is 5.78 Å². The van der Waals surface area contributed by atoms with Gasteiger partial charge in [-0.05, 0) is 47.0 Å². The standard InChI is InChI=1S/C14H16BrN3O/c1-3-12-7-13(18(4-2)17-12)14(19)6-10-5-11(15)9-16-8-10/h5,7-9H,3-4,6H2,1-2H3. The molecule has 0 N–H and O–H groups in total. The number of rotatable bonds is 5. The first-order valence-corrected chi connectivity index (χ1v) is 7.12. The number of aryl methyl sites for hydroxylation is 2. The molecule has 0 amide bonds. The number of carbonyl (C=O) groups is 1. The van der Waals surface area contributed by atoms with Crippen LogP contribution in [0.2, 0.25) is 0 Å². The number of Topliss-reactive ketones (excluding diaryl/α,β-unsaturated/α-hetero) is 1. The molecule has 0 radical (unpaired) electrons. The Balaban J connectivity index is 2.22. The molecule has 0 aliphatic carbocycles. The van der Waals surface area contributed by atoms with Crippen LogP contribution in [0.1, 0.15) is 35.6 Å². The summed E-state index contributed by atoms with van der Waals surface area (Å²) in [6.07, 6.45) is 4.61. The smallest absolute Gasteiger partial charge is 0.185 e. The lowest BCUT2D eigenvalue weighted by atomic mass is 10.1. The van der Waals surface area contributed by atoms with Gasteiger partial charge in [-0.1, -0.05) is 6.92 Å². The van der Waals surface area contributed by atoms with Gasteiger partial charge >= 0.3 is 0 Å². The molecule has 4 nitrogen and oxygen atoms in total. The fraction of sp³-hybridized carbons (Fsp3) is 0.357. The fourth-order valence-electron chi connectivity index (χ4n) is 1.94. The molecular weight excluding hydrogens is 306 g/mol. The zero-order valence-corrected chi connectivity index (χ0v) is 12.6. The molecule has 0 saturated heterocycles. The summed E-state index contributed by atoms with van der Waals surface area (Å²) in [6, 6.07) is 3.80. The van der Waals surface area contributed by atoms with E-state index in [4.69, 9.17) is 0 Å². The van der Waals surface area contributed by atoms with E-state index in [9.17, 15) is 4.79 Å². The highest BCUT2D eigenvalue weighted by Gasteiger charge is 2.14. The number of ketones is 1. The van der Waals surface area contributed by atoms with E-state index in [2.05, 4.69) is 26.0 Å². The number of nitrogens with zero attached hydrogens (tertiary/aromatic N) is 3. The van der Waals surface area contributed by atoms with Gasteiger partial charge < -0.3 is 0 Å². The van der Waals surface area contributed by atoms with Crippen LogP contribution >= 0.6 is 15.9 Å². The molecule has 0 spiro atoms. The average Bonchev–Trinajstić information content (AvgIpc) is 2.82. The monoisotopic (exact) mass is 321 g/mol. The molecule has 0 unspecified atom stereocenters. The van der Waals surface area contributed by atoms with E-state index in [1.807, 2.05) is 26.0 Å². The number of hydrogen-bond acceptors (Lipinski definition) is 3. The molecule has 0 saturated carbocycles. The zero-order valence-electron chi connectivity index (χ0n) is 11.1. The van der Waals surface area contributed by atoms with Crippen molar-refractivity contribution in [1.29, 1.82) is 0 Å². The Labute approximate surface area is 121 Å². The maximum atomic E-state index is 12.3. The van der Waals surface area contributed by atoms with E-state index in [1.54, 1.807) is 17.1 Å². The van der Waals surface area contributed by atoms with Gasteiger partial charge in [0.05, 0.1) is 5.69 Å². The van der Waals surface area contributed by atoms with E-state index >= 15 is 0 Å². The van der Waals surface area contributed by atoms with Crippen molar-refractivity contribution in [2.75, 3.05) is 0 Å². The minimum Gasteiger partial charge on any atom is -0.292 e. The van der Waals surface area contributed by atoms with Gasteiger partial charge in [0.15, 0.2) is 5.78 Å². The van der Waals surface area contributed by atoms with Crippen LogP contribution in [0.25, 0.3) is 0 Å². The van der Waals surface area contributed by atoms with Crippen molar-refractivity contribution in [3.8, 4) is 0 Å². The topological polar surface area (TPSA) is 47.8 Å². The van der Waals surface area contributed by atoms with Crippen LogP contribution in [0.3, 0.4) is 0 Å². The van der Waals surface area contributed by atoms with Gasteiger partial charge in [0, 0.05) is 29.8 Å². The SMILES string of the molecule is CCc1cc(C(=O)Cc2cncc(Br)c2)n(CC)n1. The Morgan fingerprint density at radius 3 is 2.74 bits per heavy atom. The predicted molar refractivity (Wildman–Crippen MR) is 77.3 cm³/mol. The first-order valence-electron chi connectivity index (χ1n) is 6.33. The van der Waals surface area contributed by atoms with E-state index in [0.29, 0.717) is 18.7 Å². The summed E-state index contributed by atoms with van der Waals surface area (Å²) in [6.45, 7) is 4.73. The molecular formula is C14H16BrN3O. The van der Waals surface area contributed by atoms with Crippen molar-refractivity contribution in [1.82, 2.24) is 14.8 Å². The Bertz CT molecular complexity index is 592. The normalized spacial score (nSPS) is 10.7. The molecule has 0 aliphatic heterocycles. The molecule has 2 rings (SSSR count). The lowest BCUT2D eigenvalue weighted by molar-refractivity contribution is 0.0982. The molecule has 0 aromatic carbocycles. The van der Waals surface area contributed by atoms with Crippen LogP contribution < -0.4 is 0 Å². The molecule has 19 heavy (non-hydrogen) atoms. The van der Waals surface area contributed by atoms with Crippen molar-refractivity contribution >= 4 is 21.7 Å². The quantitative estimate of drug-likeness (QED) is 0.795. The maximum Gasteiger partial charge on any atom is 0.185 e. The summed E-state index contributed by atoms with van der Waals surface area (Å²) in [7, 11) is 0. The third-order valence-electron chi connectivity index (χ3n) is 2.90. The third kappa shape index (κ3) is 3.29. The van der Waals surface area contributed by atoms with Crippen LogP contribution in [-0.2, 0) is 19.4 Å². The van der Waals surface area contributed by atoms with Crippen molar-refractivity contribution in [3.05, 3.63) is 46.0 Å². The van der Waals surface area contributed by atoms with Gasteiger partial charge in [-0.15, -0.1) is 0 Å². The van der Waals surface area contributed by atoms with Crippen molar-refractivity contribution in [2.45, 2.75) is 33.2 Å². The number of aromatic nitrogens is 3. The van der Waals surface area contributed by atoms with Gasteiger partial charge in [0.25, 0.3) is 0 Å². The molecule has 0 bridgehead atoms. The molecule has 0 atom stereocenters. The highest BCUT2D eigenvalue weighted by molar-refractivity contribution is 9.10.